The fourth-order valence-corrected chi connectivity index (χ4v) is 2.91. The third kappa shape index (κ3) is 6.77. The van der Waals surface area contributed by atoms with Crippen LogP contribution in [0, 0.1) is 0 Å². The first kappa shape index (κ1) is 22.2. The highest BCUT2D eigenvalue weighted by Crippen LogP contribution is 2.25. The summed E-state index contributed by atoms with van der Waals surface area (Å²) < 4.78 is 11.3. The molecule has 1 aliphatic rings. The molecular formula is C20H34BNO5. The zero-order valence-corrected chi connectivity index (χ0v) is 17.0. The molecule has 1 fully saturated rings. The Morgan fingerprint density at radius 2 is 1.67 bits per heavy atom. The molecule has 7 heteroatoms. The van der Waals surface area contributed by atoms with E-state index < -0.39 is 24.4 Å². The van der Waals surface area contributed by atoms with E-state index in [0.29, 0.717) is 17.8 Å². The lowest BCUT2D eigenvalue weighted by atomic mass is 9.76. The standard InChI is InChI=1S/C20H34BNO5/c1-19(2,24)20(3,4)27-21(25)16-8-10-18(11-9-16)26-15-17(23)14-22-12-6-5-7-13-22/h8-11,17,23-25H,5-7,12-15H2,1-4H3/t17-/m0/s1. The maximum Gasteiger partial charge on any atom is 0.491 e. The van der Waals surface area contributed by atoms with Gasteiger partial charge in [0.05, 0.1) is 11.2 Å². The second-order valence-corrected chi connectivity index (χ2v) is 8.43. The highest BCUT2D eigenvalue weighted by molar-refractivity contribution is 6.60. The Labute approximate surface area is 163 Å². The van der Waals surface area contributed by atoms with Gasteiger partial charge in [-0.25, -0.2) is 0 Å². The first-order valence-corrected chi connectivity index (χ1v) is 9.80. The van der Waals surface area contributed by atoms with Gasteiger partial charge in [0.2, 0.25) is 0 Å². The molecule has 0 saturated carbocycles. The van der Waals surface area contributed by atoms with Crippen molar-refractivity contribution in [2.24, 2.45) is 0 Å². The Hall–Kier alpha value is -1.12. The summed E-state index contributed by atoms with van der Waals surface area (Å²) in [6, 6.07) is 6.92. The lowest BCUT2D eigenvalue weighted by Gasteiger charge is -2.38. The summed E-state index contributed by atoms with van der Waals surface area (Å²) in [6.45, 7) is 9.72. The Kier molecular flexibility index (Phi) is 7.71. The van der Waals surface area contributed by atoms with Gasteiger partial charge in [-0.3, -0.25) is 0 Å². The molecule has 0 bridgehead atoms. The van der Waals surface area contributed by atoms with E-state index in [4.69, 9.17) is 9.39 Å². The van der Waals surface area contributed by atoms with Crippen molar-refractivity contribution in [1.29, 1.82) is 0 Å². The van der Waals surface area contributed by atoms with Crippen LogP contribution in [0.1, 0.15) is 47.0 Å². The summed E-state index contributed by atoms with van der Waals surface area (Å²) in [7, 11) is -1.15. The first-order valence-electron chi connectivity index (χ1n) is 9.80. The zero-order chi connectivity index (χ0) is 20.1. The topological polar surface area (TPSA) is 82.4 Å². The van der Waals surface area contributed by atoms with Gasteiger partial charge in [-0.1, -0.05) is 18.6 Å². The molecule has 0 aromatic heterocycles. The Bertz CT molecular complexity index is 567. The van der Waals surface area contributed by atoms with Gasteiger partial charge < -0.3 is 29.5 Å². The van der Waals surface area contributed by atoms with Gasteiger partial charge in [0.25, 0.3) is 0 Å². The van der Waals surface area contributed by atoms with Crippen LogP contribution in [0.4, 0.5) is 0 Å². The van der Waals surface area contributed by atoms with Gasteiger partial charge in [0.15, 0.2) is 0 Å². The van der Waals surface area contributed by atoms with E-state index >= 15 is 0 Å². The molecule has 27 heavy (non-hydrogen) atoms. The van der Waals surface area contributed by atoms with Gasteiger partial charge in [0, 0.05) is 6.54 Å². The lowest BCUT2D eigenvalue weighted by molar-refractivity contribution is -0.0982. The van der Waals surface area contributed by atoms with Gasteiger partial charge in [-0.15, -0.1) is 0 Å². The molecule has 2 rings (SSSR count). The Balaban J connectivity index is 1.82. The monoisotopic (exact) mass is 379 g/mol. The largest absolute Gasteiger partial charge is 0.491 e. The summed E-state index contributed by atoms with van der Waals surface area (Å²) in [5.41, 5.74) is -1.43. The van der Waals surface area contributed by atoms with Crippen molar-refractivity contribution in [3.63, 3.8) is 0 Å². The van der Waals surface area contributed by atoms with E-state index in [1.165, 1.54) is 19.3 Å². The number of benzene rings is 1. The minimum Gasteiger partial charge on any atom is -0.491 e. The minimum absolute atomic E-state index is 0.237. The second kappa shape index (κ2) is 9.39. The number of β-amino-alcohol motifs (C(OH)–C–C–N with tert-alkyl or cyclic N) is 1. The average molecular weight is 379 g/mol. The molecule has 1 atom stereocenters. The van der Waals surface area contributed by atoms with E-state index in [0.717, 1.165) is 13.1 Å². The number of ether oxygens (including phenoxy) is 1. The predicted octanol–water partition coefficient (Wildman–Crippen LogP) is 1.17. The number of rotatable bonds is 9. The van der Waals surface area contributed by atoms with E-state index in [2.05, 4.69) is 4.90 Å². The minimum atomic E-state index is -1.15. The van der Waals surface area contributed by atoms with Crippen LogP contribution in [0.2, 0.25) is 0 Å². The second-order valence-electron chi connectivity index (χ2n) is 8.43. The molecule has 3 N–H and O–H groups in total. The van der Waals surface area contributed by atoms with Gasteiger partial charge in [0.1, 0.15) is 18.5 Å². The van der Waals surface area contributed by atoms with Crippen molar-refractivity contribution >= 4 is 12.6 Å². The van der Waals surface area contributed by atoms with E-state index in [1.54, 1.807) is 52.0 Å². The predicted molar refractivity (Wildman–Crippen MR) is 107 cm³/mol. The number of hydrogen-bond donors (Lipinski definition) is 3. The quantitative estimate of drug-likeness (QED) is 0.559. The van der Waals surface area contributed by atoms with Crippen molar-refractivity contribution in [2.75, 3.05) is 26.2 Å². The zero-order valence-electron chi connectivity index (χ0n) is 17.0. The number of aliphatic hydroxyl groups excluding tert-OH is 1. The highest BCUT2D eigenvalue weighted by Gasteiger charge is 2.39. The number of piperidine rings is 1. The molecule has 0 amide bonds. The van der Waals surface area contributed by atoms with Crippen molar-refractivity contribution in [3.8, 4) is 5.75 Å². The lowest BCUT2D eigenvalue weighted by Crippen LogP contribution is -2.53. The normalized spacial score (nSPS) is 17.6. The fourth-order valence-electron chi connectivity index (χ4n) is 2.91. The molecule has 0 aliphatic carbocycles. The van der Waals surface area contributed by atoms with Gasteiger partial charge in [-0.2, -0.15) is 0 Å². The summed E-state index contributed by atoms with van der Waals surface area (Å²) in [5, 5.41) is 30.6. The third-order valence-electron chi connectivity index (χ3n) is 5.40. The highest BCUT2D eigenvalue weighted by atomic mass is 16.5. The maximum atomic E-state index is 10.3. The summed E-state index contributed by atoms with van der Waals surface area (Å²) in [6.07, 6.45) is 3.15. The molecule has 6 nitrogen and oxygen atoms in total. The summed E-state index contributed by atoms with van der Waals surface area (Å²) in [5.74, 6) is 0.630. The smallest absolute Gasteiger partial charge is 0.491 e. The van der Waals surface area contributed by atoms with E-state index in [9.17, 15) is 15.2 Å². The number of likely N-dealkylation sites (tertiary alicyclic amines) is 1. The van der Waals surface area contributed by atoms with Crippen LogP contribution >= 0.6 is 0 Å². The molecule has 0 unspecified atom stereocenters. The van der Waals surface area contributed by atoms with Crippen molar-refractivity contribution in [1.82, 2.24) is 4.90 Å². The van der Waals surface area contributed by atoms with Crippen LogP contribution in [0.15, 0.2) is 24.3 Å². The van der Waals surface area contributed by atoms with Crippen LogP contribution in [-0.2, 0) is 4.65 Å². The number of aliphatic hydroxyl groups is 2. The molecule has 0 spiro atoms. The molecule has 152 valence electrons. The first-order chi connectivity index (χ1) is 12.6. The molecule has 1 saturated heterocycles. The number of nitrogens with zero attached hydrogens (tertiary/aromatic N) is 1. The number of hydrogen-bond acceptors (Lipinski definition) is 6. The van der Waals surface area contributed by atoms with Crippen molar-refractivity contribution in [3.05, 3.63) is 24.3 Å². The summed E-state index contributed by atoms with van der Waals surface area (Å²) in [4.78, 5) is 2.28. The van der Waals surface area contributed by atoms with Crippen molar-refractivity contribution < 1.29 is 24.6 Å². The van der Waals surface area contributed by atoms with Crippen molar-refractivity contribution in [2.45, 2.75) is 64.3 Å². The molecular weight excluding hydrogens is 345 g/mol. The molecule has 1 aromatic carbocycles. The van der Waals surface area contributed by atoms with Gasteiger partial charge in [-0.05, 0) is 71.2 Å². The summed E-state index contributed by atoms with van der Waals surface area (Å²) >= 11 is 0. The third-order valence-corrected chi connectivity index (χ3v) is 5.40. The van der Waals surface area contributed by atoms with Crippen LogP contribution in [-0.4, -0.2) is 70.8 Å². The van der Waals surface area contributed by atoms with Crippen LogP contribution in [0.3, 0.4) is 0 Å². The molecule has 1 aromatic rings. The SMILES string of the molecule is CC(C)(O)C(C)(C)OB(O)c1ccc(OC[C@@H](O)CN2CCCCC2)cc1. The Morgan fingerprint density at radius 3 is 2.22 bits per heavy atom. The van der Waals surface area contributed by atoms with Crippen LogP contribution in [0.5, 0.6) is 5.75 Å². The van der Waals surface area contributed by atoms with Crippen LogP contribution in [0.25, 0.3) is 0 Å². The van der Waals surface area contributed by atoms with E-state index in [-0.39, 0.29) is 6.61 Å². The van der Waals surface area contributed by atoms with Crippen LogP contribution < -0.4 is 10.2 Å². The maximum absolute atomic E-state index is 10.3. The fraction of sp³-hybridized carbons (Fsp3) is 0.700. The molecule has 1 aliphatic heterocycles. The molecule has 0 radical (unpaired) electrons. The average Bonchev–Trinajstić information content (AvgIpc) is 2.60. The molecule has 1 heterocycles. The van der Waals surface area contributed by atoms with Gasteiger partial charge >= 0.3 is 7.12 Å². The van der Waals surface area contributed by atoms with E-state index in [1.807, 2.05) is 0 Å². The Morgan fingerprint density at radius 1 is 1.07 bits per heavy atom.